The van der Waals surface area contributed by atoms with Crippen LogP contribution < -0.4 is 10.2 Å². The maximum atomic E-state index is 12.5. The van der Waals surface area contributed by atoms with Crippen LogP contribution in [-0.4, -0.2) is 42.0 Å². The van der Waals surface area contributed by atoms with Crippen molar-refractivity contribution in [2.75, 3.05) is 18.0 Å². The van der Waals surface area contributed by atoms with Gasteiger partial charge in [0, 0.05) is 31.2 Å². The molecule has 24 heavy (non-hydrogen) atoms. The Hall–Kier alpha value is -2.04. The highest BCUT2D eigenvalue weighted by Gasteiger charge is 2.33. The molecule has 2 fully saturated rings. The van der Waals surface area contributed by atoms with Gasteiger partial charge < -0.3 is 15.1 Å². The van der Waals surface area contributed by atoms with Crippen molar-refractivity contribution >= 4 is 17.6 Å². The standard InChI is InChI=1S/C19H27N3O2/c1-13-7-8-17(10-14(13)2)22-12-16(11-18(22)23)20-19(24)21-9-5-4-6-15(21)3/h7-8,10,15-16H,4-6,9,11-12H2,1-3H3,(H,20,24)/t15-,16+/m0/s1. The Bertz CT molecular complexity index is 643. The number of nitrogens with zero attached hydrogens (tertiary/aromatic N) is 2. The number of urea groups is 1. The van der Waals surface area contributed by atoms with Gasteiger partial charge in [-0.25, -0.2) is 4.79 Å². The molecule has 1 N–H and O–H groups in total. The van der Waals surface area contributed by atoms with E-state index in [0.29, 0.717) is 13.0 Å². The van der Waals surface area contributed by atoms with Crippen molar-refractivity contribution < 1.29 is 9.59 Å². The Morgan fingerprint density at radius 3 is 2.71 bits per heavy atom. The molecule has 3 amide bonds. The summed E-state index contributed by atoms with van der Waals surface area (Å²) in [5.74, 6) is 0.0789. The molecule has 1 aromatic carbocycles. The van der Waals surface area contributed by atoms with Gasteiger partial charge in [0.2, 0.25) is 5.91 Å². The number of anilines is 1. The molecule has 0 spiro atoms. The molecular formula is C19H27N3O2. The van der Waals surface area contributed by atoms with Crippen LogP contribution in [-0.2, 0) is 4.79 Å². The second kappa shape index (κ2) is 6.83. The van der Waals surface area contributed by atoms with E-state index < -0.39 is 0 Å². The number of rotatable bonds is 2. The van der Waals surface area contributed by atoms with E-state index in [-0.39, 0.29) is 24.0 Å². The molecule has 1 aromatic rings. The first-order valence-corrected chi connectivity index (χ1v) is 8.90. The molecule has 0 radical (unpaired) electrons. The van der Waals surface area contributed by atoms with Crippen molar-refractivity contribution in [2.45, 2.75) is 58.5 Å². The Morgan fingerprint density at radius 2 is 2.00 bits per heavy atom. The highest BCUT2D eigenvalue weighted by molar-refractivity contribution is 5.97. The van der Waals surface area contributed by atoms with Gasteiger partial charge in [-0.1, -0.05) is 6.07 Å². The summed E-state index contributed by atoms with van der Waals surface area (Å²) in [6, 6.07) is 6.22. The highest BCUT2D eigenvalue weighted by Crippen LogP contribution is 2.24. The zero-order valence-electron chi connectivity index (χ0n) is 14.8. The fourth-order valence-electron chi connectivity index (χ4n) is 3.60. The maximum Gasteiger partial charge on any atom is 0.317 e. The second-order valence-corrected chi connectivity index (χ2v) is 7.16. The first-order chi connectivity index (χ1) is 11.5. The van der Waals surface area contributed by atoms with E-state index in [4.69, 9.17) is 0 Å². The lowest BCUT2D eigenvalue weighted by Crippen LogP contribution is -2.50. The summed E-state index contributed by atoms with van der Waals surface area (Å²) < 4.78 is 0. The molecule has 130 valence electrons. The number of carbonyl (C=O) groups excluding carboxylic acids is 2. The average molecular weight is 329 g/mol. The zero-order valence-corrected chi connectivity index (χ0v) is 14.8. The van der Waals surface area contributed by atoms with Crippen molar-refractivity contribution in [3.63, 3.8) is 0 Å². The van der Waals surface area contributed by atoms with Crippen LogP contribution in [0.4, 0.5) is 10.5 Å². The van der Waals surface area contributed by atoms with Gasteiger partial charge in [0.1, 0.15) is 0 Å². The van der Waals surface area contributed by atoms with Gasteiger partial charge in [0.05, 0.1) is 6.04 Å². The third-order valence-electron chi connectivity index (χ3n) is 5.32. The van der Waals surface area contributed by atoms with Crippen molar-refractivity contribution in [1.82, 2.24) is 10.2 Å². The SMILES string of the molecule is Cc1ccc(N2C[C@H](NC(=O)N3CCCC[C@@H]3C)CC2=O)cc1C. The van der Waals surface area contributed by atoms with E-state index in [1.807, 2.05) is 23.1 Å². The van der Waals surface area contributed by atoms with E-state index in [0.717, 1.165) is 25.1 Å². The molecule has 0 unspecified atom stereocenters. The number of aryl methyl sites for hydroxylation is 2. The quantitative estimate of drug-likeness (QED) is 0.907. The third kappa shape index (κ3) is 3.40. The van der Waals surface area contributed by atoms with Crippen LogP contribution >= 0.6 is 0 Å². The summed E-state index contributed by atoms with van der Waals surface area (Å²) in [5.41, 5.74) is 3.32. The van der Waals surface area contributed by atoms with Crippen LogP contribution in [0.3, 0.4) is 0 Å². The molecule has 3 rings (SSSR count). The Morgan fingerprint density at radius 1 is 1.21 bits per heavy atom. The molecule has 0 aliphatic carbocycles. The molecule has 0 saturated carbocycles. The number of hydrogen-bond acceptors (Lipinski definition) is 2. The monoisotopic (exact) mass is 329 g/mol. The number of nitrogens with one attached hydrogen (secondary N) is 1. The Kier molecular flexibility index (Phi) is 4.78. The normalized spacial score (nSPS) is 24.4. The molecular weight excluding hydrogens is 302 g/mol. The summed E-state index contributed by atoms with van der Waals surface area (Å²) in [6.45, 7) is 7.58. The van der Waals surface area contributed by atoms with Crippen LogP contribution in [0.5, 0.6) is 0 Å². The van der Waals surface area contributed by atoms with Crippen molar-refractivity contribution in [2.24, 2.45) is 0 Å². The lowest BCUT2D eigenvalue weighted by molar-refractivity contribution is -0.117. The lowest BCUT2D eigenvalue weighted by Gasteiger charge is -2.34. The van der Waals surface area contributed by atoms with Gasteiger partial charge in [-0.05, 0) is 63.3 Å². The van der Waals surface area contributed by atoms with E-state index in [9.17, 15) is 9.59 Å². The van der Waals surface area contributed by atoms with Crippen LogP contribution in [0.15, 0.2) is 18.2 Å². The number of hydrogen-bond donors (Lipinski definition) is 1. The summed E-state index contributed by atoms with van der Waals surface area (Å²) >= 11 is 0. The van der Waals surface area contributed by atoms with Gasteiger partial charge in [-0.2, -0.15) is 0 Å². The van der Waals surface area contributed by atoms with Gasteiger partial charge >= 0.3 is 6.03 Å². The first kappa shape index (κ1) is 16.8. The molecule has 2 aliphatic rings. The van der Waals surface area contributed by atoms with E-state index in [2.05, 4.69) is 26.1 Å². The summed E-state index contributed by atoms with van der Waals surface area (Å²) in [4.78, 5) is 28.6. The van der Waals surface area contributed by atoms with Gasteiger partial charge in [-0.15, -0.1) is 0 Å². The Labute approximate surface area is 144 Å². The predicted octanol–water partition coefficient (Wildman–Crippen LogP) is 2.99. The van der Waals surface area contributed by atoms with Crippen molar-refractivity contribution in [3.8, 4) is 0 Å². The zero-order chi connectivity index (χ0) is 17.3. The first-order valence-electron chi connectivity index (χ1n) is 8.90. The van der Waals surface area contributed by atoms with Crippen LogP contribution in [0.1, 0.15) is 43.7 Å². The van der Waals surface area contributed by atoms with Crippen LogP contribution in [0.25, 0.3) is 0 Å². The largest absolute Gasteiger partial charge is 0.333 e. The Balaban J connectivity index is 1.64. The second-order valence-electron chi connectivity index (χ2n) is 7.16. The minimum Gasteiger partial charge on any atom is -0.333 e. The highest BCUT2D eigenvalue weighted by atomic mass is 16.2. The predicted molar refractivity (Wildman–Crippen MR) is 95.2 cm³/mol. The van der Waals surface area contributed by atoms with Gasteiger partial charge in [0.25, 0.3) is 0 Å². The minimum absolute atomic E-state index is 0.0260. The maximum absolute atomic E-state index is 12.5. The molecule has 0 bridgehead atoms. The molecule has 2 atom stereocenters. The molecule has 0 aromatic heterocycles. The summed E-state index contributed by atoms with van der Waals surface area (Å²) in [6.07, 6.45) is 3.69. The van der Waals surface area contributed by atoms with E-state index in [1.165, 1.54) is 17.5 Å². The molecule has 2 saturated heterocycles. The number of likely N-dealkylation sites (tertiary alicyclic amines) is 1. The van der Waals surface area contributed by atoms with Crippen molar-refractivity contribution in [1.29, 1.82) is 0 Å². The fourth-order valence-corrected chi connectivity index (χ4v) is 3.60. The number of benzene rings is 1. The van der Waals surface area contributed by atoms with E-state index >= 15 is 0 Å². The molecule has 2 heterocycles. The smallest absolute Gasteiger partial charge is 0.317 e. The number of carbonyl (C=O) groups is 2. The summed E-state index contributed by atoms with van der Waals surface area (Å²) in [7, 11) is 0. The molecule has 5 nitrogen and oxygen atoms in total. The minimum atomic E-state index is -0.110. The lowest BCUT2D eigenvalue weighted by atomic mass is 10.0. The summed E-state index contributed by atoms with van der Waals surface area (Å²) in [5, 5.41) is 3.06. The number of amides is 3. The molecule has 5 heteroatoms. The number of piperidine rings is 1. The third-order valence-corrected chi connectivity index (χ3v) is 5.32. The topological polar surface area (TPSA) is 52.7 Å². The van der Waals surface area contributed by atoms with Crippen molar-refractivity contribution in [3.05, 3.63) is 29.3 Å². The average Bonchev–Trinajstić information content (AvgIpc) is 2.91. The molecule has 2 aliphatic heterocycles. The van der Waals surface area contributed by atoms with Gasteiger partial charge in [0.15, 0.2) is 0 Å². The van der Waals surface area contributed by atoms with Crippen LogP contribution in [0.2, 0.25) is 0 Å². The van der Waals surface area contributed by atoms with Gasteiger partial charge in [-0.3, -0.25) is 4.79 Å². The van der Waals surface area contributed by atoms with E-state index in [1.54, 1.807) is 4.90 Å². The fraction of sp³-hybridized carbons (Fsp3) is 0.579. The van der Waals surface area contributed by atoms with Crippen LogP contribution in [0, 0.1) is 13.8 Å².